The number of amides is 1. The molecule has 0 spiro atoms. The number of benzene rings is 2. The van der Waals surface area contributed by atoms with Crippen LogP contribution >= 0.6 is 11.8 Å². The highest BCUT2D eigenvalue weighted by atomic mass is 32.2. The first-order valence-corrected chi connectivity index (χ1v) is 12.4. The molecule has 0 radical (unpaired) electrons. The number of hydrogen-bond acceptors (Lipinski definition) is 6. The van der Waals surface area contributed by atoms with Gasteiger partial charge in [0.05, 0.1) is 17.6 Å². The SMILES string of the molecule is COc1ccccc1OCCNS(=O)(=O)c1ccc(SC)c(C(=O)N2CCCC2)c1. The zero-order valence-electron chi connectivity index (χ0n) is 17.1. The van der Waals surface area contributed by atoms with E-state index < -0.39 is 10.0 Å². The highest BCUT2D eigenvalue weighted by molar-refractivity contribution is 7.98. The summed E-state index contributed by atoms with van der Waals surface area (Å²) >= 11 is 1.43. The van der Waals surface area contributed by atoms with Crippen molar-refractivity contribution in [3.8, 4) is 11.5 Å². The molecule has 1 amide bonds. The van der Waals surface area contributed by atoms with E-state index in [0.29, 0.717) is 30.2 Å². The van der Waals surface area contributed by atoms with Crippen LogP contribution in [0.5, 0.6) is 11.5 Å². The minimum Gasteiger partial charge on any atom is -0.493 e. The smallest absolute Gasteiger partial charge is 0.255 e. The van der Waals surface area contributed by atoms with E-state index >= 15 is 0 Å². The molecule has 1 N–H and O–H groups in total. The average molecular weight is 451 g/mol. The molecule has 0 aliphatic carbocycles. The lowest BCUT2D eigenvalue weighted by atomic mass is 10.2. The van der Waals surface area contributed by atoms with E-state index in [-0.39, 0.29) is 24.0 Å². The largest absolute Gasteiger partial charge is 0.493 e. The maximum atomic E-state index is 12.8. The number of hydrogen-bond donors (Lipinski definition) is 1. The van der Waals surface area contributed by atoms with Crippen LogP contribution in [0.15, 0.2) is 52.3 Å². The number of nitrogens with zero attached hydrogens (tertiary/aromatic N) is 1. The molecule has 0 saturated carbocycles. The van der Waals surface area contributed by atoms with Crippen molar-refractivity contribution in [3.63, 3.8) is 0 Å². The summed E-state index contributed by atoms with van der Waals surface area (Å²) in [6.07, 6.45) is 3.83. The van der Waals surface area contributed by atoms with Gasteiger partial charge < -0.3 is 14.4 Å². The summed E-state index contributed by atoms with van der Waals surface area (Å²) in [5.41, 5.74) is 0.428. The molecule has 3 rings (SSSR count). The fourth-order valence-electron chi connectivity index (χ4n) is 3.27. The molecular formula is C21H26N2O5S2. The van der Waals surface area contributed by atoms with Crippen LogP contribution < -0.4 is 14.2 Å². The van der Waals surface area contributed by atoms with Gasteiger partial charge in [-0.05, 0) is 49.4 Å². The first kappa shape index (κ1) is 22.5. The van der Waals surface area contributed by atoms with E-state index in [4.69, 9.17) is 9.47 Å². The van der Waals surface area contributed by atoms with Crippen LogP contribution in [-0.2, 0) is 10.0 Å². The normalized spacial score (nSPS) is 14.0. The Morgan fingerprint density at radius 3 is 2.50 bits per heavy atom. The van der Waals surface area contributed by atoms with Crippen molar-refractivity contribution in [2.75, 3.05) is 39.6 Å². The van der Waals surface area contributed by atoms with Crippen LogP contribution in [0.25, 0.3) is 0 Å². The Morgan fingerprint density at radius 2 is 1.83 bits per heavy atom. The molecule has 1 heterocycles. The lowest BCUT2D eigenvalue weighted by Gasteiger charge is -2.18. The fourth-order valence-corrected chi connectivity index (χ4v) is 4.88. The Bertz CT molecular complexity index is 989. The van der Waals surface area contributed by atoms with Gasteiger partial charge in [-0.3, -0.25) is 4.79 Å². The van der Waals surface area contributed by atoms with Crippen LogP contribution in [-0.4, -0.2) is 58.8 Å². The third kappa shape index (κ3) is 5.27. The molecule has 1 saturated heterocycles. The van der Waals surface area contributed by atoms with Gasteiger partial charge in [-0.15, -0.1) is 11.8 Å². The Balaban J connectivity index is 1.67. The minimum atomic E-state index is -3.78. The number of methoxy groups -OCH3 is 1. The second-order valence-electron chi connectivity index (χ2n) is 6.76. The Hall–Kier alpha value is -2.23. The molecular weight excluding hydrogens is 424 g/mol. The molecule has 0 atom stereocenters. The monoisotopic (exact) mass is 450 g/mol. The van der Waals surface area contributed by atoms with E-state index in [0.717, 1.165) is 17.7 Å². The third-order valence-electron chi connectivity index (χ3n) is 4.83. The van der Waals surface area contributed by atoms with Crippen molar-refractivity contribution in [3.05, 3.63) is 48.0 Å². The van der Waals surface area contributed by atoms with Gasteiger partial charge in [0.2, 0.25) is 10.0 Å². The van der Waals surface area contributed by atoms with Gasteiger partial charge in [0.1, 0.15) is 6.61 Å². The van der Waals surface area contributed by atoms with Crippen molar-refractivity contribution in [1.29, 1.82) is 0 Å². The molecule has 0 bridgehead atoms. The van der Waals surface area contributed by atoms with Crippen molar-refractivity contribution in [1.82, 2.24) is 9.62 Å². The Labute approximate surface area is 181 Å². The molecule has 0 unspecified atom stereocenters. The summed E-state index contributed by atoms with van der Waals surface area (Å²) < 4.78 is 38.8. The quantitative estimate of drug-likeness (QED) is 0.467. The van der Waals surface area contributed by atoms with Gasteiger partial charge in [0.15, 0.2) is 11.5 Å². The Morgan fingerprint density at radius 1 is 1.13 bits per heavy atom. The number of carbonyl (C=O) groups excluding carboxylic acids is 1. The van der Waals surface area contributed by atoms with Crippen molar-refractivity contribution >= 4 is 27.7 Å². The number of nitrogens with one attached hydrogen (secondary N) is 1. The summed E-state index contributed by atoms with van der Waals surface area (Å²) in [6.45, 7) is 1.65. The number of para-hydroxylation sites is 2. The topological polar surface area (TPSA) is 84.9 Å². The molecule has 1 aliphatic rings. The van der Waals surface area contributed by atoms with E-state index in [1.807, 2.05) is 18.4 Å². The number of thioether (sulfide) groups is 1. The van der Waals surface area contributed by atoms with Crippen LogP contribution in [0.1, 0.15) is 23.2 Å². The van der Waals surface area contributed by atoms with Gasteiger partial charge in [-0.2, -0.15) is 0 Å². The van der Waals surface area contributed by atoms with E-state index in [1.165, 1.54) is 23.9 Å². The van der Waals surface area contributed by atoms with Gasteiger partial charge in [-0.25, -0.2) is 13.1 Å². The summed E-state index contributed by atoms with van der Waals surface area (Å²) in [7, 11) is -2.23. The average Bonchev–Trinajstić information content (AvgIpc) is 3.31. The van der Waals surface area contributed by atoms with Gasteiger partial charge in [0, 0.05) is 24.5 Å². The second-order valence-corrected chi connectivity index (χ2v) is 9.37. The molecule has 9 heteroatoms. The lowest BCUT2D eigenvalue weighted by molar-refractivity contribution is 0.0789. The molecule has 0 aromatic heterocycles. The number of rotatable bonds is 9. The Kier molecular flexibility index (Phi) is 7.63. The van der Waals surface area contributed by atoms with Crippen LogP contribution in [0.2, 0.25) is 0 Å². The van der Waals surface area contributed by atoms with Crippen molar-refractivity contribution < 1.29 is 22.7 Å². The maximum absolute atomic E-state index is 12.8. The van der Waals surface area contributed by atoms with Crippen molar-refractivity contribution in [2.45, 2.75) is 22.6 Å². The summed E-state index contributed by atoms with van der Waals surface area (Å²) in [4.78, 5) is 15.5. The van der Waals surface area contributed by atoms with Gasteiger partial charge in [0.25, 0.3) is 5.91 Å². The number of carbonyl (C=O) groups is 1. The van der Waals surface area contributed by atoms with Gasteiger partial charge in [-0.1, -0.05) is 12.1 Å². The van der Waals surface area contributed by atoms with Crippen LogP contribution in [0, 0.1) is 0 Å². The van der Waals surface area contributed by atoms with E-state index in [9.17, 15) is 13.2 Å². The van der Waals surface area contributed by atoms with E-state index in [1.54, 1.807) is 30.2 Å². The minimum absolute atomic E-state index is 0.0696. The third-order valence-corrected chi connectivity index (χ3v) is 7.08. The van der Waals surface area contributed by atoms with Crippen LogP contribution in [0.4, 0.5) is 0 Å². The molecule has 1 fully saturated rings. The predicted octanol–water partition coefficient (Wildman–Crippen LogP) is 3.01. The van der Waals surface area contributed by atoms with Gasteiger partial charge >= 0.3 is 0 Å². The second kappa shape index (κ2) is 10.2. The van der Waals surface area contributed by atoms with Crippen LogP contribution in [0.3, 0.4) is 0 Å². The molecule has 1 aliphatic heterocycles. The first-order chi connectivity index (χ1) is 14.5. The summed E-state index contributed by atoms with van der Waals surface area (Å²) in [5.74, 6) is 1.01. The molecule has 30 heavy (non-hydrogen) atoms. The van der Waals surface area contributed by atoms with E-state index in [2.05, 4.69) is 4.72 Å². The zero-order chi connectivity index (χ0) is 21.6. The van der Waals surface area contributed by atoms with Crippen molar-refractivity contribution in [2.24, 2.45) is 0 Å². The predicted molar refractivity (Wildman–Crippen MR) is 117 cm³/mol. The summed E-state index contributed by atoms with van der Waals surface area (Å²) in [6, 6.07) is 11.8. The standard InChI is InChI=1S/C21H26N2O5S2/c1-27-18-7-3-4-8-19(18)28-14-11-22-30(25,26)16-9-10-20(29-2)17(15-16)21(24)23-12-5-6-13-23/h3-4,7-10,15,22H,5-6,11-14H2,1-2H3. The molecule has 2 aromatic rings. The highest BCUT2D eigenvalue weighted by Crippen LogP contribution is 2.27. The highest BCUT2D eigenvalue weighted by Gasteiger charge is 2.24. The molecule has 2 aromatic carbocycles. The zero-order valence-corrected chi connectivity index (χ0v) is 18.7. The number of likely N-dealkylation sites (tertiary alicyclic amines) is 1. The summed E-state index contributed by atoms with van der Waals surface area (Å²) in [5, 5.41) is 0. The first-order valence-electron chi connectivity index (χ1n) is 9.69. The maximum Gasteiger partial charge on any atom is 0.255 e. The molecule has 7 nitrogen and oxygen atoms in total. The lowest BCUT2D eigenvalue weighted by Crippen LogP contribution is -2.30. The number of sulfonamides is 1. The number of ether oxygens (including phenoxy) is 2. The molecule has 162 valence electrons. The fraction of sp³-hybridized carbons (Fsp3) is 0.381.